The maximum absolute atomic E-state index is 13.4. The molecule has 1 atom stereocenters. The summed E-state index contributed by atoms with van der Waals surface area (Å²) in [5, 5.41) is 4.01. The van der Waals surface area contributed by atoms with E-state index in [2.05, 4.69) is 27.4 Å². The molecule has 0 radical (unpaired) electrons. The topological polar surface area (TPSA) is 83.0 Å². The van der Waals surface area contributed by atoms with E-state index in [0.717, 1.165) is 27.5 Å². The smallest absolute Gasteiger partial charge is 0.287 e. The summed E-state index contributed by atoms with van der Waals surface area (Å²) in [5.41, 5.74) is 4.49. The molecular weight excluding hydrogens is 450 g/mol. The number of carbonyl (C=O) groups excluding carboxylic acids is 2. The first-order valence-electron chi connectivity index (χ1n) is 12.1. The van der Waals surface area contributed by atoms with Gasteiger partial charge in [0.15, 0.2) is 5.82 Å². The zero-order valence-electron chi connectivity index (χ0n) is 20.4. The van der Waals surface area contributed by atoms with E-state index in [1.165, 1.54) is 0 Å². The van der Waals surface area contributed by atoms with Crippen molar-refractivity contribution in [2.45, 2.75) is 18.9 Å². The number of aryl methyl sites for hydroxylation is 1. The highest BCUT2D eigenvalue weighted by Crippen LogP contribution is 2.19. The molecule has 5 rings (SSSR count). The van der Waals surface area contributed by atoms with Gasteiger partial charge < -0.3 is 19.8 Å². The predicted octanol–water partition coefficient (Wildman–Crippen LogP) is 4.56. The van der Waals surface area contributed by atoms with Gasteiger partial charge in [-0.05, 0) is 54.8 Å². The quantitative estimate of drug-likeness (QED) is 0.342. The van der Waals surface area contributed by atoms with Crippen LogP contribution in [0.25, 0.3) is 21.9 Å². The van der Waals surface area contributed by atoms with Crippen molar-refractivity contribution in [3.8, 4) is 0 Å². The Labute approximate surface area is 209 Å². The van der Waals surface area contributed by atoms with Crippen molar-refractivity contribution in [2.75, 3.05) is 13.6 Å². The molecule has 0 fully saturated rings. The molecule has 36 heavy (non-hydrogen) atoms. The number of aromatic nitrogens is 3. The van der Waals surface area contributed by atoms with Crippen LogP contribution < -0.4 is 5.32 Å². The molecule has 0 bridgehead atoms. The third-order valence-corrected chi connectivity index (χ3v) is 6.74. The lowest BCUT2D eigenvalue weighted by molar-refractivity contribution is 0.0723. The van der Waals surface area contributed by atoms with Crippen molar-refractivity contribution in [2.24, 2.45) is 7.05 Å². The molecule has 0 saturated heterocycles. The van der Waals surface area contributed by atoms with Crippen LogP contribution in [0.5, 0.6) is 0 Å². The van der Waals surface area contributed by atoms with E-state index >= 15 is 0 Å². The third-order valence-electron chi connectivity index (χ3n) is 6.74. The Morgan fingerprint density at radius 3 is 2.61 bits per heavy atom. The van der Waals surface area contributed by atoms with E-state index in [9.17, 15) is 9.59 Å². The number of fused-ring (bicyclic) bond motifs is 2. The summed E-state index contributed by atoms with van der Waals surface area (Å²) in [5.74, 6) is 0.111. The Morgan fingerprint density at radius 1 is 1.03 bits per heavy atom. The van der Waals surface area contributed by atoms with Gasteiger partial charge in [-0.3, -0.25) is 9.59 Å². The molecule has 0 spiro atoms. The van der Waals surface area contributed by atoms with E-state index in [1.54, 1.807) is 9.47 Å². The highest BCUT2D eigenvalue weighted by Gasteiger charge is 2.23. The van der Waals surface area contributed by atoms with Crippen molar-refractivity contribution in [1.29, 1.82) is 0 Å². The zero-order valence-corrected chi connectivity index (χ0v) is 20.4. The Hall–Kier alpha value is -4.39. The zero-order chi connectivity index (χ0) is 25.1. The lowest BCUT2D eigenvalue weighted by atomic mass is 10.0. The predicted molar refractivity (Wildman–Crippen MR) is 142 cm³/mol. The molecular formula is C29H29N5O2. The summed E-state index contributed by atoms with van der Waals surface area (Å²) in [6, 6.07) is 25.4. The number of amides is 2. The second-order valence-corrected chi connectivity index (χ2v) is 9.07. The molecule has 0 aliphatic rings. The Kier molecular flexibility index (Phi) is 6.54. The van der Waals surface area contributed by atoms with Gasteiger partial charge in [0.1, 0.15) is 0 Å². The highest BCUT2D eigenvalue weighted by molar-refractivity contribution is 5.98. The molecule has 1 unspecified atom stereocenters. The first-order valence-corrected chi connectivity index (χ1v) is 12.1. The van der Waals surface area contributed by atoms with Crippen LogP contribution in [0.15, 0.2) is 85.1 Å². The number of imidazole rings is 1. The third kappa shape index (κ3) is 4.73. The van der Waals surface area contributed by atoms with Gasteiger partial charge in [-0.1, -0.05) is 42.5 Å². The maximum atomic E-state index is 13.4. The summed E-state index contributed by atoms with van der Waals surface area (Å²) in [6.07, 6.45) is 3.17. The van der Waals surface area contributed by atoms with Crippen LogP contribution in [0.4, 0.5) is 0 Å². The normalized spacial score (nSPS) is 12.1. The number of carbonyl (C=O) groups is 2. The summed E-state index contributed by atoms with van der Waals surface area (Å²) in [4.78, 5) is 35.8. The van der Waals surface area contributed by atoms with Crippen LogP contribution in [0.3, 0.4) is 0 Å². The van der Waals surface area contributed by atoms with E-state index in [4.69, 9.17) is 0 Å². The van der Waals surface area contributed by atoms with E-state index in [1.807, 2.05) is 87.0 Å². The van der Waals surface area contributed by atoms with Crippen LogP contribution in [0.1, 0.15) is 33.0 Å². The van der Waals surface area contributed by atoms with Gasteiger partial charge in [-0.25, -0.2) is 4.98 Å². The number of likely N-dealkylation sites (N-methyl/N-ethyl adjacent to an activating group) is 1. The standard InChI is InChI=1S/C29H29N5O2/c1-33(29(36)22-12-13-24-21(19-22)14-16-30-24)23(18-20-8-4-3-5-9-20)15-17-31-28(35)27-32-25-10-6-7-11-26(25)34(27)2/h3-14,16,19,23,30H,15,17-18H2,1-2H3,(H,31,35). The van der Waals surface area contributed by atoms with Gasteiger partial charge in [0.2, 0.25) is 0 Å². The Morgan fingerprint density at radius 2 is 1.81 bits per heavy atom. The minimum Gasteiger partial charge on any atom is -0.361 e. The molecule has 182 valence electrons. The first kappa shape index (κ1) is 23.4. The van der Waals surface area contributed by atoms with Crippen LogP contribution in [0.2, 0.25) is 0 Å². The van der Waals surface area contributed by atoms with Crippen LogP contribution in [0, 0.1) is 0 Å². The number of H-pyrrole nitrogens is 1. The summed E-state index contributed by atoms with van der Waals surface area (Å²) in [7, 11) is 3.68. The van der Waals surface area contributed by atoms with Crippen molar-refractivity contribution in [1.82, 2.24) is 24.8 Å². The van der Waals surface area contributed by atoms with Gasteiger partial charge in [0.25, 0.3) is 11.8 Å². The Bertz CT molecular complexity index is 1520. The van der Waals surface area contributed by atoms with Gasteiger partial charge in [0.05, 0.1) is 11.0 Å². The van der Waals surface area contributed by atoms with Crippen molar-refractivity contribution >= 4 is 33.8 Å². The lowest BCUT2D eigenvalue weighted by Gasteiger charge is -2.29. The molecule has 2 amide bonds. The number of benzene rings is 3. The first-order chi connectivity index (χ1) is 17.5. The van der Waals surface area contributed by atoms with Crippen LogP contribution >= 0.6 is 0 Å². The number of aromatic amines is 1. The van der Waals surface area contributed by atoms with Gasteiger partial charge in [-0.2, -0.15) is 0 Å². The molecule has 2 heterocycles. The Balaban J connectivity index is 1.31. The molecule has 3 aromatic carbocycles. The minimum atomic E-state index is -0.223. The maximum Gasteiger partial charge on any atom is 0.287 e. The molecule has 2 N–H and O–H groups in total. The van der Waals surface area contributed by atoms with E-state index < -0.39 is 0 Å². The molecule has 0 aliphatic carbocycles. The van der Waals surface area contributed by atoms with Crippen LogP contribution in [-0.2, 0) is 13.5 Å². The van der Waals surface area contributed by atoms with Gasteiger partial charge in [0, 0.05) is 49.3 Å². The van der Waals surface area contributed by atoms with Crippen molar-refractivity contribution in [3.05, 3.63) is 102 Å². The molecule has 7 nitrogen and oxygen atoms in total. The second-order valence-electron chi connectivity index (χ2n) is 9.07. The molecule has 2 aromatic heterocycles. The van der Waals surface area contributed by atoms with Gasteiger partial charge in [-0.15, -0.1) is 0 Å². The molecule has 0 saturated carbocycles. The van der Waals surface area contributed by atoms with E-state index in [-0.39, 0.29) is 17.9 Å². The molecule has 5 aromatic rings. The van der Waals surface area contributed by atoms with Crippen molar-refractivity contribution in [3.63, 3.8) is 0 Å². The SMILES string of the molecule is CN(C(=O)c1ccc2[nH]ccc2c1)C(CCNC(=O)c1nc2ccccc2n1C)Cc1ccccc1. The highest BCUT2D eigenvalue weighted by atomic mass is 16.2. The summed E-state index contributed by atoms with van der Waals surface area (Å²) in [6.45, 7) is 0.425. The fraction of sp³-hybridized carbons (Fsp3) is 0.207. The fourth-order valence-corrected chi connectivity index (χ4v) is 4.65. The number of para-hydroxylation sites is 2. The average Bonchev–Trinajstić information content (AvgIpc) is 3.52. The number of nitrogens with zero attached hydrogens (tertiary/aromatic N) is 3. The molecule has 0 aliphatic heterocycles. The fourth-order valence-electron chi connectivity index (χ4n) is 4.65. The largest absolute Gasteiger partial charge is 0.361 e. The number of rotatable bonds is 8. The number of nitrogens with one attached hydrogen (secondary N) is 2. The van der Waals surface area contributed by atoms with Crippen LogP contribution in [-0.4, -0.2) is 50.9 Å². The van der Waals surface area contributed by atoms with Gasteiger partial charge >= 0.3 is 0 Å². The lowest BCUT2D eigenvalue weighted by Crippen LogP contribution is -2.41. The average molecular weight is 480 g/mol. The minimum absolute atomic E-state index is 0.0410. The second kappa shape index (κ2) is 10.1. The molecule has 7 heteroatoms. The summed E-state index contributed by atoms with van der Waals surface area (Å²) >= 11 is 0. The number of hydrogen-bond donors (Lipinski definition) is 2. The number of hydrogen-bond acceptors (Lipinski definition) is 3. The van der Waals surface area contributed by atoms with E-state index in [0.29, 0.717) is 30.8 Å². The van der Waals surface area contributed by atoms with Crippen molar-refractivity contribution < 1.29 is 9.59 Å². The summed E-state index contributed by atoms with van der Waals surface area (Å²) < 4.78 is 1.80. The monoisotopic (exact) mass is 479 g/mol.